The van der Waals surface area contributed by atoms with E-state index in [1.807, 2.05) is 25.6 Å². The standard InChI is InChI=1S/C19H42I2N2O2PS2/c1-15(2)19(24)28-14-13-27-12-11-25-26(23(18(7)8)21(9)10)20-22(16(3)4)17(5)6/h15-18H,11-14H2,1-10H3/q-1. The molecule has 28 heavy (non-hydrogen) atoms. The van der Waals surface area contributed by atoms with Crippen molar-refractivity contribution in [3.8, 4) is 0 Å². The number of hydrogen-bond donors (Lipinski definition) is 0. The van der Waals surface area contributed by atoms with E-state index in [0.717, 1.165) is 23.9 Å². The van der Waals surface area contributed by atoms with Crippen LogP contribution in [-0.2, 0) is 9.32 Å². The molecular weight excluding hydrogens is 637 g/mol. The van der Waals surface area contributed by atoms with E-state index in [0.29, 0.717) is 23.2 Å². The van der Waals surface area contributed by atoms with Gasteiger partial charge in [-0.05, 0) is 0 Å². The molecule has 0 fully saturated rings. The van der Waals surface area contributed by atoms with E-state index in [2.05, 4.69) is 57.4 Å². The Hall–Kier alpha value is 2.14. The number of hydrogen-bond acceptors (Lipinski definition) is 6. The van der Waals surface area contributed by atoms with Crippen LogP contribution in [0.5, 0.6) is 0 Å². The Kier molecular flexibility index (Phi) is 18.0. The summed E-state index contributed by atoms with van der Waals surface area (Å²) in [5, 5.41) is 0.308. The van der Waals surface area contributed by atoms with E-state index in [1.54, 1.807) is 0 Å². The van der Waals surface area contributed by atoms with Crippen LogP contribution in [0.25, 0.3) is 0 Å². The van der Waals surface area contributed by atoms with Gasteiger partial charge >= 0.3 is 204 Å². The van der Waals surface area contributed by atoms with E-state index in [1.165, 1.54) is 11.8 Å². The zero-order valence-corrected chi connectivity index (χ0v) is 26.2. The summed E-state index contributed by atoms with van der Waals surface area (Å²) in [5.74, 6) is 2.61. The van der Waals surface area contributed by atoms with Crippen molar-refractivity contribution in [2.75, 3.05) is 33.7 Å². The van der Waals surface area contributed by atoms with Crippen molar-refractivity contribution in [1.82, 2.24) is 6.00 Å². The topological polar surface area (TPSA) is 32.8 Å². The first-order valence-corrected chi connectivity index (χ1v) is 22.3. The SMILES string of the molecule is CC(C)C(=O)SCCSCCOP([I-]N(C(C)C)C(C)C)N(C(C)C)I(C)C. The molecule has 0 aliphatic rings. The number of halogens is 2. The van der Waals surface area contributed by atoms with E-state index in [4.69, 9.17) is 4.52 Å². The normalized spacial score (nSPS) is 14.4. The van der Waals surface area contributed by atoms with E-state index < -0.39 is 26.0 Å². The Labute approximate surface area is 202 Å². The van der Waals surface area contributed by atoms with Gasteiger partial charge in [0.05, 0.1) is 0 Å². The third-order valence-corrected chi connectivity index (χ3v) is 23.1. The number of carbonyl (C=O) groups excluding carboxylic acids is 1. The molecule has 0 aromatic rings. The van der Waals surface area contributed by atoms with Crippen molar-refractivity contribution in [1.29, 1.82) is 0 Å². The van der Waals surface area contributed by atoms with Gasteiger partial charge in [0.25, 0.3) is 0 Å². The Balaban J connectivity index is 4.63. The van der Waals surface area contributed by atoms with Crippen LogP contribution in [0.4, 0.5) is 0 Å². The van der Waals surface area contributed by atoms with Gasteiger partial charge in [0.1, 0.15) is 0 Å². The molecule has 0 aromatic carbocycles. The van der Waals surface area contributed by atoms with Crippen molar-refractivity contribution in [2.45, 2.75) is 73.5 Å². The second kappa shape index (κ2) is 16.7. The summed E-state index contributed by atoms with van der Waals surface area (Å²) in [6.45, 7) is 18.7. The second-order valence-electron chi connectivity index (χ2n) is 7.70. The molecule has 0 spiro atoms. The number of thioether (sulfide) groups is 2. The molecule has 172 valence electrons. The number of nitrogens with zero attached hydrogens (tertiary/aromatic N) is 2. The molecule has 0 amide bonds. The summed E-state index contributed by atoms with van der Waals surface area (Å²) in [6, 6.07) is 1.73. The average Bonchev–Trinajstić information content (AvgIpc) is 2.56. The molecule has 0 radical (unpaired) electrons. The summed E-state index contributed by atoms with van der Waals surface area (Å²) >= 11 is 2.13. The summed E-state index contributed by atoms with van der Waals surface area (Å²) in [6.07, 6.45) is 0. The predicted octanol–water partition coefficient (Wildman–Crippen LogP) is 3.39. The van der Waals surface area contributed by atoms with E-state index in [9.17, 15) is 4.79 Å². The minimum atomic E-state index is -1.11. The summed E-state index contributed by atoms with van der Waals surface area (Å²) in [7, 11) is 0. The quantitative estimate of drug-likeness (QED) is 0.0869. The molecule has 0 saturated carbocycles. The molecule has 4 nitrogen and oxygen atoms in total. The Morgan fingerprint density at radius 1 is 0.964 bits per heavy atom. The van der Waals surface area contributed by atoms with E-state index in [-0.39, 0.29) is 26.8 Å². The molecule has 0 rings (SSSR count). The number of alkyl halides is 2. The molecule has 0 N–H and O–H groups in total. The first kappa shape index (κ1) is 30.1. The monoisotopic (exact) mass is 679 g/mol. The molecule has 1 unspecified atom stereocenters. The fourth-order valence-corrected chi connectivity index (χ4v) is 25.7. The molecule has 0 aromatic heterocycles. The van der Waals surface area contributed by atoms with Crippen LogP contribution in [0.2, 0.25) is 0 Å². The van der Waals surface area contributed by atoms with Crippen molar-refractivity contribution in [3.05, 3.63) is 0 Å². The molecule has 0 aliphatic carbocycles. The van der Waals surface area contributed by atoms with Gasteiger partial charge in [-0.3, -0.25) is 0 Å². The Bertz CT molecular complexity index is 415. The zero-order valence-electron chi connectivity index (χ0n) is 19.4. The van der Waals surface area contributed by atoms with Gasteiger partial charge in [-0.15, -0.1) is 0 Å². The minimum absolute atomic E-state index is 0.137. The van der Waals surface area contributed by atoms with Gasteiger partial charge in [0.2, 0.25) is 0 Å². The molecule has 0 heterocycles. The van der Waals surface area contributed by atoms with Gasteiger partial charge in [0, 0.05) is 0 Å². The second-order valence-corrected chi connectivity index (χ2v) is 22.1. The fraction of sp³-hybridized carbons (Fsp3) is 0.947. The van der Waals surface area contributed by atoms with Crippen molar-refractivity contribution in [2.24, 2.45) is 5.92 Å². The zero-order chi connectivity index (χ0) is 21.9. The summed E-state index contributed by atoms with van der Waals surface area (Å²) in [4.78, 5) is 16.6. The predicted molar refractivity (Wildman–Crippen MR) is 137 cm³/mol. The third kappa shape index (κ3) is 12.9. The van der Waals surface area contributed by atoms with Crippen LogP contribution >= 0.6 is 49.6 Å². The fourth-order valence-electron chi connectivity index (χ4n) is 2.29. The molecule has 9 heteroatoms. The van der Waals surface area contributed by atoms with Gasteiger partial charge in [0.15, 0.2) is 0 Å². The molecule has 0 bridgehead atoms. The van der Waals surface area contributed by atoms with Gasteiger partial charge in [-0.25, -0.2) is 0 Å². The van der Waals surface area contributed by atoms with Gasteiger partial charge < -0.3 is 0 Å². The van der Waals surface area contributed by atoms with Crippen LogP contribution in [0.15, 0.2) is 0 Å². The van der Waals surface area contributed by atoms with Crippen LogP contribution in [-0.4, -0.2) is 63.0 Å². The Morgan fingerprint density at radius 2 is 1.54 bits per heavy atom. The molecule has 0 saturated heterocycles. The molecule has 1 atom stereocenters. The maximum absolute atomic E-state index is 11.7. The summed E-state index contributed by atoms with van der Waals surface area (Å²) < 4.78 is 12.0. The Morgan fingerprint density at radius 3 is 1.96 bits per heavy atom. The van der Waals surface area contributed by atoms with Crippen LogP contribution in [0, 0.1) is 5.92 Å². The van der Waals surface area contributed by atoms with E-state index >= 15 is 0 Å². The molecule has 0 aliphatic heterocycles. The number of carbonyl (C=O) groups is 1. The van der Waals surface area contributed by atoms with Crippen molar-refractivity contribution in [3.63, 3.8) is 0 Å². The number of rotatable bonds is 15. The van der Waals surface area contributed by atoms with Crippen LogP contribution in [0.3, 0.4) is 0 Å². The molecular formula is C19H42I2N2O2PS2-. The first-order chi connectivity index (χ1) is 13.0. The third-order valence-electron chi connectivity index (χ3n) is 3.43. The average molecular weight is 679 g/mol. The summed E-state index contributed by atoms with van der Waals surface area (Å²) in [5.41, 5.74) is 0. The first-order valence-electron chi connectivity index (χ1n) is 9.89. The van der Waals surface area contributed by atoms with Gasteiger partial charge in [-0.1, -0.05) is 0 Å². The van der Waals surface area contributed by atoms with Crippen molar-refractivity contribution < 1.29 is 30.2 Å². The van der Waals surface area contributed by atoms with Crippen LogP contribution in [0.1, 0.15) is 55.4 Å². The van der Waals surface area contributed by atoms with Crippen molar-refractivity contribution >= 4 is 54.7 Å². The maximum atomic E-state index is 11.7. The van der Waals surface area contributed by atoms with Crippen LogP contribution < -0.4 is 20.9 Å². The van der Waals surface area contributed by atoms with Gasteiger partial charge in [-0.2, -0.15) is 0 Å².